The molecule has 9 heteroatoms. The van der Waals surface area contributed by atoms with E-state index in [1.165, 1.54) is 0 Å². The number of aromatic nitrogens is 3. The zero-order chi connectivity index (χ0) is 15.0. The molecule has 114 valence electrons. The minimum Gasteiger partial charge on any atom is -0.463 e. The van der Waals surface area contributed by atoms with E-state index in [4.69, 9.17) is 4.74 Å². The largest absolute Gasteiger partial charge is 0.463 e. The van der Waals surface area contributed by atoms with Crippen molar-refractivity contribution in [3.05, 3.63) is 0 Å². The van der Waals surface area contributed by atoms with E-state index in [-0.39, 0.29) is 24.1 Å². The molecule has 0 bridgehead atoms. The van der Waals surface area contributed by atoms with Gasteiger partial charge in [-0.3, -0.25) is 0 Å². The Hall–Kier alpha value is -1.64. The van der Waals surface area contributed by atoms with Crippen LogP contribution in [0, 0.1) is 0 Å². The first kappa shape index (κ1) is 16.4. The van der Waals surface area contributed by atoms with E-state index in [9.17, 15) is 8.42 Å². The molecule has 0 aliphatic heterocycles. The quantitative estimate of drug-likeness (QED) is 0.681. The van der Waals surface area contributed by atoms with Crippen molar-refractivity contribution in [2.75, 3.05) is 42.3 Å². The summed E-state index contributed by atoms with van der Waals surface area (Å²) in [5.41, 5.74) is 0. The van der Waals surface area contributed by atoms with Crippen molar-refractivity contribution in [2.24, 2.45) is 0 Å². The Morgan fingerprint density at radius 1 is 1.15 bits per heavy atom. The van der Waals surface area contributed by atoms with Crippen LogP contribution in [-0.2, 0) is 9.84 Å². The highest BCUT2D eigenvalue weighted by atomic mass is 32.2. The van der Waals surface area contributed by atoms with Gasteiger partial charge in [-0.25, -0.2) is 8.42 Å². The van der Waals surface area contributed by atoms with Gasteiger partial charge in [0, 0.05) is 19.3 Å². The SMILES string of the molecule is CCCOc1nc(NC)nc(NCCS(=O)(=O)CC)n1. The summed E-state index contributed by atoms with van der Waals surface area (Å²) in [6, 6.07) is 0.215. The van der Waals surface area contributed by atoms with Gasteiger partial charge in [0.15, 0.2) is 9.84 Å². The number of nitrogens with one attached hydrogen (secondary N) is 2. The molecule has 0 fully saturated rings. The standard InChI is InChI=1S/C11H21N5O3S/c1-4-7-19-11-15-9(12-3)14-10(16-11)13-6-8-20(17,18)5-2/h4-8H2,1-3H3,(H2,12,13,14,15,16). The molecular weight excluding hydrogens is 282 g/mol. The van der Waals surface area contributed by atoms with Crippen molar-refractivity contribution < 1.29 is 13.2 Å². The summed E-state index contributed by atoms with van der Waals surface area (Å²) >= 11 is 0. The van der Waals surface area contributed by atoms with Crippen molar-refractivity contribution in [1.29, 1.82) is 0 Å². The van der Waals surface area contributed by atoms with Crippen molar-refractivity contribution in [3.63, 3.8) is 0 Å². The van der Waals surface area contributed by atoms with Crippen LogP contribution in [0.5, 0.6) is 6.01 Å². The van der Waals surface area contributed by atoms with Gasteiger partial charge < -0.3 is 15.4 Å². The van der Waals surface area contributed by atoms with Crippen molar-refractivity contribution >= 4 is 21.7 Å². The Bertz CT molecular complexity index is 521. The number of hydrogen-bond acceptors (Lipinski definition) is 8. The summed E-state index contributed by atoms with van der Waals surface area (Å²) in [6.45, 7) is 4.36. The number of ether oxygens (including phenoxy) is 1. The van der Waals surface area contributed by atoms with Crippen molar-refractivity contribution in [2.45, 2.75) is 20.3 Å². The minimum absolute atomic E-state index is 0.0369. The van der Waals surface area contributed by atoms with Crippen LogP contribution in [0.3, 0.4) is 0 Å². The summed E-state index contributed by atoms with van der Waals surface area (Å²) in [4.78, 5) is 12.2. The first-order chi connectivity index (χ1) is 9.50. The molecule has 0 saturated heterocycles. The second-order valence-electron chi connectivity index (χ2n) is 4.03. The molecule has 2 N–H and O–H groups in total. The van der Waals surface area contributed by atoms with Crippen LogP contribution < -0.4 is 15.4 Å². The summed E-state index contributed by atoms with van der Waals surface area (Å²) in [5, 5.41) is 5.67. The Morgan fingerprint density at radius 3 is 2.45 bits per heavy atom. The zero-order valence-corrected chi connectivity index (χ0v) is 12.8. The molecule has 0 aliphatic rings. The monoisotopic (exact) mass is 303 g/mol. The summed E-state index contributed by atoms with van der Waals surface area (Å²) in [5.74, 6) is 0.821. The number of rotatable bonds is 9. The smallest absolute Gasteiger partial charge is 0.323 e. The maximum Gasteiger partial charge on any atom is 0.323 e. The highest BCUT2D eigenvalue weighted by Crippen LogP contribution is 2.10. The lowest BCUT2D eigenvalue weighted by molar-refractivity contribution is 0.292. The Balaban J connectivity index is 2.68. The van der Waals surface area contributed by atoms with Gasteiger partial charge >= 0.3 is 6.01 Å². The van der Waals surface area contributed by atoms with Gasteiger partial charge in [0.05, 0.1) is 12.4 Å². The normalized spacial score (nSPS) is 11.2. The summed E-state index contributed by atoms with van der Waals surface area (Å²) in [7, 11) is -1.33. The van der Waals surface area contributed by atoms with E-state index < -0.39 is 9.84 Å². The number of hydrogen-bond donors (Lipinski definition) is 2. The fraction of sp³-hybridized carbons (Fsp3) is 0.727. The molecule has 1 rings (SSSR count). The van der Waals surface area contributed by atoms with Gasteiger partial charge in [0.2, 0.25) is 11.9 Å². The molecule has 0 radical (unpaired) electrons. The van der Waals surface area contributed by atoms with E-state index in [1.54, 1.807) is 14.0 Å². The average Bonchev–Trinajstić information content (AvgIpc) is 2.44. The number of sulfone groups is 1. The number of anilines is 2. The molecule has 0 amide bonds. The maximum atomic E-state index is 11.4. The summed E-state index contributed by atoms with van der Waals surface area (Å²) < 4.78 is 28.1. The lowest BCUT2D eigenvalue weighted by atomic mass is 10.5. The van der Waals surface area contributed by atoms with Crippen molar-refractivity contribution in [3.8, 4) is 6.01 Å². The third-order valence-corrected chi connectivity index (χ3v) is 4.12. The summed E-state index contributed by atoms with van der Waals surface area (Å²) in [6.07, 6.45) is 0.845. The van der Waals surface area contributed by atoms with Crippen LogP contribution in [-0.4, -0.2) is 55.1 Å². The van der Waals surface area contributed by atoms with Gasteiger partial charge in [0.1, 0.15) is 0 Å². The van der Waals surface area contributed by atoms with Gasteiger partial charge in [0.25, 0.3) is 0 Å². The van der Waals surface area contributed by atoms with Crippen LogP contribution in [0.1, 0.15) is 20.3 Å². The third kappa shape index (κ3) is 5.55. The first-order valence-electron chi connectivity index (χ1n) is 6.51. The molecule has 0 atom stereocenters. The van der Waals surface area contributed by atoms with Gasteiger partial charge in [-0.15, -0.1) is 0 Å². The molecule has 1 heterocycles. The fourth-order valence-electron chi connectivity index (χ4n) is 1.27. The molecule has 20 heavy (non-hydrogen) atoms. The predicted molar refractivity (Wildman–Crippen MR) is 78.0 cm³/mol. The molecular formula is C11H21N5O3S. The third-order valence-electron chi connectivity index (χ3n) is 2.41. The Labute approximate surface area is 119 Å². The Kier molecular flexibility index (Phi) is 6.43. The van der Waals surface area contributed by atoms with E-state index >= 15 is 0 Å². The van der Waals surface area contributed by atoms with E-state index in [0.717, 1.165) is 6.42 Å². The van der Waals surface area contributed by atoms with E-state index in [0.29, 0.717) is 18.5 Å². The first-order valence-corrected chi connectivity index (χ1v) is 8.33. The fourth-order valence-corrected chi connectivity index (χ4v) is 1.97. The van der Waals surface area contributed by atoms with Gasteiger partial charge in [-0.05, 0) is 6.42 Å². The molecule has 0 spiro atoms. The van der Waals surface area contributed by atoms with Crippen molar-refractivity contribution in [1.82, 2.24) is 15.0 Å². The van der Waals surface area contributed by atoms with Crippen LogP contribution in [0.4, 0.5) is 11.9 Å². The lowest BCUT2D eigenvalue weighted by Gasteiger charge is -2.09. The highest BCUT2D eigenvalue weighted by Gasteiger charge is 2.09. The zero-order valence-electron chi connectivity index (χ0n) is 12.0. The van der Waals surface area contributed by atoms with Crippen LogP contribution in [0.15, 0.2) is 0 Å². The average molecular weight is 303 g/mol. The minimum atomic E-state index is -3.01. The van der Waals surface area contributed by atoms with E-state index in [1.807, 2.05) is 6.92 Å². The molecule has 0 saturated carbocycles. The van der Waals surface area contributed by atoms with E-state index in [2.05, 4.69) is 25.6 Å². The molecule has 0 aliphatic carbocycles. The number of nitrogens with zero attached hydrogens (tertiary/aromatic N) is 3. The second-order valence-corrected chi connectivity index (χ2v) is 6.50. The maximum absolute atomic E-state index is 11.4. The van der Waals surface area contributed by atoms with Gasteiger partial charge in [-0.2, -0.15) is 15.0 Å². The predicted octanol–water partition coefficient (Wildman–Crippen LogP) is 0.549. The second kappa shape index (κ2) is 7.83. The highest BCUT2D eigenvalue weighted by molar-refractivity contribution is 7.91. The molecule has 1 aromatic heterocycles. The van der Waals surface area contributed by atoms with Crippen LogP contribution >= 0.6 is 0 Å². The molecule has 0 aromatic carbocycles. The van der Waals surface area contributed by atoms with Crippen LogP contribution in [0.2, 0.25) is 0 Å². The van der Waals surface area contributed by atoms with Gasteiger partial charge in [-0.1, -0.05) is 13.8 Å². The molecule has 8 nitrogen and oxygen atoms in total. The molecule has 1 aromatic rings. The topological polar surface area (TPSA) is 106 Å². The molecule has 0 unspecified atom stereocenters. The Morgan fingerprint density at radius 2 is 1.85 bits per heavy atom. The van der Waals surface area contributed by atoms with Crippen LogP contribution in [0.25, 0.3) is 0 Å². The lowest BCUT2D eigenvalue weighted by Crippen LogP contribution is -2.19.